The van der Waals surface area contributed by atoms with Gasteiger partial charge in [0, 0.05) is 0 Å². The van der Waals surface area contributed by atoms with Gasteiger partial charge in [-0.05, 0) is 22.3 Å². The van der Waals surface area contributed by atoms with Crippen LogP contribution >= 0.6 is 0 Å². The Balaban J connectivity index is 0.000000202. The van der Waals surface area contributed by atoms with Crippen molar-refractivity contribution in [3.63, 3.8) is 0 Å². The van der Waals surface area contributed by atoms with Crippen molar-refractivity contribution in [3.8, 4) is 0 Å². The van der Waals surface area contributed by atoms with E-state index in [0.717, 1.165) is 22.3 Å². The van der Waals surface area contributed by atoms with E-state index in [-0.39, 0.29) is 28.6 Å². The van der Waals surface area contributed by atoms with E-state index in [9.17, 15) is 10.2 Å². The van der Waals surface area contributed by atoms with Gasteiger partial charge in [-0.1, -0.05) is 127 Å². The summed E-state index contributed by atoms with van der Waals surface area (Å²) in [5.74, 6) is 0.127. The smallest absolute Gasteiger partial charge is 0.872 e. The summed E-state index contributed by atoms with van der Waals surface area (Å²) in [6, 6.07) is 18.6. The maximum atomic E-state index is 11.7. The van der Waals surface area contributed by atoms with Crippen molar-refractivity contribution in [2.24, 2.45) is 0 Å². The van der Waals surface area contributed by atoms with Gasteiger partial charge < -0.3 is 10.2 Å². The zero-order valence-electron chi connectivity index (χ0n) is 15.7. The molecule has 0 saturated carbocycles. The molecule has 4 rings (SSSR count). The minimum atomic E-state index is 0. The summed E-state index contributed by atoms with van der Waals surface area (Å²) in [6.07, 6.45) is 18.7. The Hall–Kier alpha value is -3.26. The van der Waals surface area contributed by atoms with Gasteiger partial charge in [-0.15, -0.1) is 5.76 Å². The molecule has 0 atom stereocenters. The van der Waals surface area contributed by atoms with Gasteiger partial charge in [-0.25, -0.2) is 0 Å². The van der Waals surface area contributed by atoms with Crippen LogP contribution in [-0.4, -0.2) is 0 Å². The minimum Gasteiger partial charge on any atom is -0.872 e. The molecule has 144 valence electrons. The van der Waals surface area contributed by atoms with Crippen LogP contribution in [0.15, 0.2) is 133 Å². The maximum absolute atomic E-state index is 11.7. The van der Waals surface area contributed by atoms with Crippen LogP contribution in [0.4, 0.5) is 0 Å². The molecule has 3 heteroatoms. The van der Waals surface area contributed by atoms with Crippen LogP contribution in [0.25, 0.3) is 11.5 Å². The molecule has 0 bridgehead atoms. The molecule has 2 aromatic rings. The molecule has 0 spiro atoms. The zero-order chi connectivity index (χ0) is 19.6. The fraction of sp³-hybridized carbons (Fsp3) is 0. The van der Waals surface area contributed by atoms with Gasteiger partial charge in [0.05, 0.1) is 0 Å². The second kappa shape index (κ2) is 11.6. The van der Waals surface area contributed by atoms with Gasteiger partial charge in [0.25, 0.3) is 0 Å². The summed E-state index contributed by atoms with van der Waals surface area (Å²) in [5.41, 5.74) is 3.28. The molecular weight excluding hydrogens is 400 g/mol. The molecular formula is C26H20FeO2. The normalized spacial score (nSPS) is 13.7. The van der Waals surface area contributed by atoms with E-state index in [2.05, 4.69) is 0 Å². The predicted molar refractivity (Wildman–Crippen MR) is 112 cm³/mol. The monoisotopic (exact) mass is 420 g/mol. The Labute approximate surface area is 182 Å². The predicted octanol–water partition coefficient (Wildman–Crippen LogP) is 4.32. The van der Waals surface area contributed by atoms with E-state index < -0.39 is 0 Å². The molecule has 0 fully saturated rings. The molecule has 0 radical (unpaired) electrons. The SMILES string of the molecule is [Fe+2].[O-]C(=C1C=CC=C1)c1ccccc1.[O-]C(=CC=C1C=CC=C1)c1ccccc1. The Kier molecular flexibility index (Phi) is 8.78. The first-order chi connectivity index (χ1) is 13.7. The Morgan fingerprint density at radius 2 is 1.10 bits per heavy atom. The molecule has 29 heavy (non-hydrogen) atoms. The molecule has 0 aromatic heterocycles. The molecule has 2 aliphatic rings. The second-order valence-electron chi connectivity index (χ2n) is 6.15. The van der Waals surface area contributed by atoms with E-state index in [4.69, 9.17) is 0 Å². The van der Waals surface area contributed by atoms with Gasteiger partial charge in [0.1, 0.15) is 0 Å². The summed E-state index contributed by atoms with van der Waals surface area (Å²) in [5, 5.41) is 23.4. The summed E-state index contributed by atoms with van der Waals surface area (Å²) in [6.45, 7) is 0. The molecule has 0 unspecified atom stereocenters. The minimum absolute atomic E-state index is 0. The van der Waals surface area contributed by atoms with Gasteiger partial charge in [-0.3, -0.25) is 0 Å². The van der Waals surface area contributed by atoms with Crippen LogP contribution in [0.3, 0.4) is 0 Å². The summed E-state index contributed by atoms with van der Waals surface area (Å²) >= 11 is 0. The fourth-order valence-electron chi connectivity index (χ4n) is 2.65. The van der Waals surface area contributed by atoms with Gasteiger partial charge in [0.2, 0.25) is 0 Å². The van der Waals surface area contributed by atoms with Gasteiger partial charge in [-0.2, -0.15) is 0 Å². The van der Waals surface area contributed by atoms with E-state index in [1.165, 1.54) is 0 Å². The van der Waals surface area contributed by atoms with Crippen LogP contribution in [0.2, 0.25) is 0 Å². The topological polar surface area (TPSA) is 46.1 Å². The van der Waals surface area contributed by atoms with Crippen LogP contribution in [0.5, 0.6) is 0 Å². The maximum Gasteiger partial charge on any atom is 2.00 e. The molecule has 2 nitrogen and oxygen atoms in total. The van der Waals surface area contributed by atoms with Crippen molar-refractivity contribution < 1.29 is 27.3 Å². The van der Waals surface area contributed by atoms with Crippen molar-refractivity contribution in [2.45, 2.75) is 0 Å². The molecule has 0 heterocycles. The molecule has 0 aliphatic heterocycles. The van der Waals surface area contributed by atoms with Crippen LogP contribution in [0, 0.1) is 0 Å². The van der Waals surface area contributed by atoms with Crippen molar-refractivity contribution >= 4 is 11.5 Å². The van der Waals surface area contributed by atoms with E-state index in [1.807, 2.05) is 115 Å². The molecule has 0 N–H and O–H groups in total. The molecule has 0 amide bonds. The van der Waals surface area contributed by atoms with Crippen molar-refractivity contribution in [2.75, 3.05) is 0 Å². The quantitative estimate of drug-likeness (QED) is 0.549. The Morgan fingerprint density at radius 1 is 0.621 bits per heavy atom. The Bertz CT molecular complexity index is 977. The van der Waals surface area contributed by atoms with Gasteiger partial charge >= 0.3 is 17.1 Å². The first kappa shape index (κ1) is 22.0. The Morgan fingerprint density at radius 3 is 1.66 bits per heavy atom. The average molecular weight is 420 g/mol. The third kappa shape index (κ3) is 6.69. The first-order valence-corrected chi connectivity index (χ1v) is 9.04. The number of allylic oxidation sites excluding steroid dienone is 12. The van der Waals surface area contributed by atoms with Gasteiger partial charge in [0.15, 0.2) is 0 Å². The van der Waals surface area contributed by atoms with E-state index in [0.29, 0.717) is 0 Å². The van der Waals surface area contributed by atoms with E-state index in [1.54, 1.807) is 6.08 Å². The van der Waals surface area contributed by atoms with Crippen molar-refractivity contribution in [3.05, 3.63) is 144 Å². The number of hydrogen-bond donors (Lipinski definition) is 0. The zero-order valence-corrected chi connectivity index (χ0v) is 16.8. The third-order valence-corrected chi connectivity index (χ3v) is 4.13. The summed E-state index contributed by atoms with van der Waals surface area (Å²) in [4.78, 5) is 0. The molecule has 2 aromatic carbocycles. The second-order valence-corrected chi connectivity index (χ2v) is 6.15. The van der Waals surface area contributed by atoms with Crippen molar-refractivity contribution in [1.82, 2.24) is 0 Å². The van der Waals surface area contributed by atoms with Crippen LogP contribution in [-0.2, 0) is 17.1 Å². The molecule has 0 saturated heterocycles. The number of rotatable bonds is 3. The largest absolute Gasteiger partial charge is 2.00 e. The number of benzene rings is 2. The van der Waals surface area contributed by atoms with Crippen LogP contribution in [0.1, 0.15) is 11.1 Å². The number of hydrogen-bond acceptors (Lipinski definition) is 2. The summed E-state index contributed by atoms with van der Waals surface area (Å²) in [7, 11) is 0. The van der Waals surface area contributed by atoms with Crippen LogP contribution < -0.4 is 10.2 Å². The third-order valence-electron chi connectivity index (χ3n) is 4.13. The first-order valence-electron chi connectivity index (χ1n) is 9.04. The summed E-state index contributed by atoms with van der Waals surface area (Å²) < 4.78 is 0. The molecule has 2 aliphatic carbocycles. The fourth-order valence-corrected chi connectivity index (χ4v) is 2.65. The van der Waals surface area contributed by atoms with Crippen molar-refractivity contribution in [1.29, 1.82) is 0 Å². The average Bonchev–Trinajstić information content (AvgIpc) is 3.47. The van der Waals surface area contributed by atoms with E-state index >= 15 is 0 Å². The standard InChI is InChI=1S/C14H12O.C12H10O.Fe/c15-14(13-8-2-1-3-9-13)11-10-12-6-4-5-7-12;13-12(11-8-4-5-9-11)10-6-2-1-3-7-10;/h1-11,15H;1-9,13H;/q;;+2/p-2.